The second-order valence-corrected chi connectivity index (χ2v) is 3.60. The molecule has 0 aliphatic carbocycles. The van der Waals surface area contributed by atoms with Gasteiger partial charge in [-0.05, 0) is 19.1 Å². The van der Waals surface area contributed by atoms with Crippen LogP contribution < -0.4 is 5.73 Å². The third-order valence-electron chi connectivity index (χ3n) is 1.95. The molecule has 1 aromatic heterocycles. The molecule has 1 aromatic carbocycles. The van der Waals surface area contributed by atoms with E-state index in [0.717, 1.165) is 0 Å². The minimum atomic E-state index is -0.387. The first kappa shape index (κ1) is 9.43. The number of nitrogens with one attached hydrogen (secondary N) is 1. The number of nitrogens with two attached hydrogens (primary N) is 1. The van der Waals surface area contributed by atoms with Gasteiger partial charge in [-0.2, -0.15) is 0 Å². The molecular weight excluding hydrogens is 205 g/mol. The van der Waals surface area contributed by atoms with Gasteiger partial charge in [-0.1, -0.05) is 11.6 Å². The molecule has 0 aliphatic rings. The van der Waals surface area contributed by atoms with Gasteiger partial charge in [-0.15, -0.1) is 0 Å². The van der Waals surface area contributed by atoms with E-state index in [4.69, 9.17) is 17.3 Å². The fourth-order valence-corrected chi connectivity index (χ4v) is 1.53. The molecule has 1 heterocycles. The van der Waals surface area contributed by atoms with E-state index in [9.17, 15) is 4.39 Å². The van der Waals surface area contributed by atoms with Gasteiger partial charge in [-0.3, -0.25) is 0 Å². The van der Waals surface area contributed by atoms with Crippen molar-refractivity contribution < 1.29 is 4.39 Å². The molecule has 2 aromatic rings. The number of imidazole rings is 1. The van der Waals surface area contributed by atoms with Crippen LogP contribution in [0.3, 0.4) is 0 Å². The molecule has 0 saturated carbocycles. The summed E-state index contributed by atoms with van der Waals surface area (Å²) in [7, 11) is 0. The van der Waals surface area contributed by atoms with Crippen LogP contribution in [0.4, 0.5) is 4.39 Å². The van der Waals surface area contributed by atoms with Crippen molar-refractivity contribution in [2.24, 2.45) is 5.73 Å². The number of benzene rings is 1. The van der Waals surface area contributed by atoms with Crippen molar-refractivity contribution in [1.82, 2.24) is 9.97 Å². The van der Waals surface area contributed by atoms with Crippen LogP contribution in [-0.4, -0.2) is 9.97 Å². The van der Waals surface area contributed by atoms with Crippen LogP contribution in [0.5, 0.6) is 0 Å². The summed E-state index contributed by atoms with van der Waals surface area (Å²) >= 11 is 5.82. The van der Waals surface area contributed by atoms with Crippen LogP contribution in [0.15, 0.2) is 12.1 Å². The van der Waals surface area contributed by atoms with Gasteiger partial charge in [0.15, 0.2) is 0 Å². The van der Waals surface area contributed by atoms with Crippen molar-refractivity contribution in [3.63, 3.8) is 0 Å². The van der Waals surface area contributed by atoms with Crippen LogP contribution >= 0.6 is 11.6 Å². The summed E-state index contributed by atoms with van der Waals surface area (Å²) in [5.74, 6) is 0.217. The van der Waals surface area contributed by atoms with E-state index >= 15 is 0 Å². The van der Waals surface area contributed by atoms with Gasteiger partial charge < -0.3 is 10.7 Å². The summed E-state index contributed by atoms with van der Waals surface area (Å²) in [6, 6.07) is 2.36. The Morgan fingerprint density at radius 3 is 2.93 bits per heavy atom. The number of aromatic nitrogens is 2. The molecular formula is C9H9ClFN3. The highest BCUT2D eigenvalue weighted by molar-refractivity contribution is 6.34. The summed E-state index contributed by atoms with van der Waals surface area (Å²) in [6.45, 7) is 1.79. The second kappa shape index (κ2) is 3.22. The van der Waals surface area contributed by atoms with Crippen molar-refractivity contribution in [3.8, 4) is 0 Å². The lowest BCUT2D eigenvalue weighted by Gasteiger charge is -1.96. The summed E-state index contributed by atoms with van der Waals surface area (Å²) in [5, 5.41) is 0.295. The lowest BCUT2D eigenvalue weighted by Crippen LogP contribution is -2.06. The quantitative estimate of drug-likeness (QED) is 0.764. The molecule has 0 fully saturated rings. The Labute approximate surface area is 85.1 Å². The molecule has 74 valence electrons. The Hall–Kier alpha value is -1.13. The van der Waals surface area contributed by atoms with Crippen molar-refractivity contribution >= 4 is 22.6 Å². The molecule has 0 bridgehead atoms. The first-order chi connectivity index (χ1) is 6.58. The van der Waals surface area contributed by atoms with E-state index in [1.807, 2.05) is 0 Å². The average molecular weight is 214 g/mol. The molecule has 14 heavy (non-hydrogen) atoms. The molecule has 0 spiro atoms. The normalized spacial score (nSPS) is 13.4. The van der Waals surface area contributed by atoms with Gasteiger partial charge in [0.2, 0.25) is 0 Å². The number of aromatic amines is 1. The van der Waals surface area contributed by atoms with E-state index in [2.05, 4.69) is 9.97 Å². The first-order valence-electron chi connectivity index (χ1n) is 4.18. The maximum Gasteiger partial charge on any atom is 0.126 e. The molecule has 0 unspecified atom stereocenters. The number of halogens is 2. The molecule has 3 nitrogen and oxygen atoms in total. The zero-order chi connectivity index (χ0) is 10.3. The van der Waals surface area contributed by atoms with Crippen LogP contribution in [-0.2, 0) is 0 Å². The SMILES string of the molecule is C[C@H](N)c1nc2c(Cl)cc(F)cc2[nH]1. The third-order valence-corrected chi connectivity index (χ3v) is 2.24. The number of H-pyrrole nitrogens is 1. The van der Waals surface area contributed by atoms with Gasteiger partial charge in [0, 0.05) is 0 Å². The molecule has 0 amide bonds. The van der Waals surface area contributed by atoms with Crippen molar-refractivity contribution in [1.29, 1.82) is 0 Å². The van der Waals surface area contributed by atoms with Crippen LogP contribution in [0, 0.1) is 5.82 Å². The zero-order valence-corrected chi connectivity index (χ0v) is 8.27. The standard InChI is InChI=1S/C9H9ClFN3/c1-4(12)9-13-7-3-5(11)2-6(10)8(7)14-9/h2-4H,12H2,1H3,(H,13,14)/t4-/m0/s1. The largest absolute Gasteiger partial charge is 0.341 e. The highest BCUT2D eigenvalue weighted by atomic mass is 35.5. The molecule has 5 heteroatoms. The predicted molar refractivity (Wildman–Crippen MR) is 53.7 cm³/mol. The fraction of sp³-hybridized carbons (Fsp3) is 0.222. The van der Waals surface area contributed by atoms with Crippen molar-refractivity contribution in [3.05, 3.63) is 28.8 Å². The topological polar surface area (TPSA) is 54.7 Å². The van der Waals surface area contributed by atoms with Gasteiger partial charge in [-0.25, -0.2) is 9.37 Å². The Bertz CT molecular complexity index is 478. The van der Waals surface area contributed by atoms with Gasteiger partial charge >= 0.3 is 0 Å². The number of rotatable bonds is 1. The minimum absolute atomic E-state index is 0.221. The average Bonchev–Trinajstić information content (AvgIpc) is 2.47. The monoisotopic (exact) mass is 213 g/mol. The Balaban J connectivity index is 2.70. The van der Waals surface area contributed by atoms with Crippen LogP contribution in [0.25, 0.3) is 11.0 Å². The number of nitrogens with zero attached hydrogens (tertiary/aromatic N) is 1. The Morgan fingerprint density at radius 2 is 2.29 bits per heavy atom. The molecule has 2 rings (SSSR count). The highest BCUT2D eigenvalue weighted by Gasteiger charge is 2.10. The third kappa shape index (κ3) is 1.47. The maximum atomic E-state index is 12.9. The Morgan fingerprint density at radius 1 is 1.57 bits per heavy atom. The van der Waals surface area contributed by atoms with Crippen molar-refractivity contribution in [2.75, 3.05) is 0 Å². The van der Waals surface area contributed by atoms with E-state index < -0.39 is 0 Å². The van der Waals surface area contributed by atoms with Crippen molar-refractivity contribution in [2.45, 2.75) is 13.0 Å². The van der Waals surface area contributed by atoms with E-state index in [-0.39, 0.29) is 11.9 Å². The molecule has 1 atom stereocenters. The van der Waals surface area contributed by atoms with E-state index in [1.54, 1.807) is 6.92 Å². The van der Waals surface area contributed by atoms with Crippen LogP contribution in [0.2, 0.25) is 5.02 Å². The number of hydrogen-bond donors (Lipinski definition) is 2. The molecule has 0 aliphatic heterocycles. The van der Waals surface area contributed by atoms with Gasteiger partial charge in [0.05, 0.1) is 16.6 Å². The second-order valence-electron chi connectivity index (χ2n) is 3.19. The summed E-state index contributed by atoms with van der Waals surface area (Å²) in [4.78, 5) is 7.09. The Kier molecular flexibility index (Phi) is 2.17. The predicted octanol–water partition coefficient (Wildman–Crippen LogP) is 2.38. The smallest absolute Gasteiger partial charge is 0.126 e. The fourth-order valence-electron chi connectivity index (χ4n) is 1.28. The van der Waals surface area contributed by atoms with E-state index in [0.29, 0.717) is 21.9 Å². The number of fused-ring (bicyclic) bond motifs is 1. The van der Waals surface area contributed by atoms with Gasteiger partial charge in [0.1, 0.15) is 17.2 Å². The summed E-state index contributed by atoms with van der Waals surface area (Å²) in [5.41, 5.74) is 6.76. The molecule has 3 N–H and O–H groups in total. The van der Waals surface area contributed by atoms with Crippen LogP contribution in [0.1, 0.15) is 18.8 Å². The zero-order valence-electron chi connectivity index (χ0n) is 7.51. The summed E-state index contributed by atoms with van der Waals surface area (Å²) < 4.78 is 12.9. The number of hydrogen-bond acceptors (Lipinski definition) is 2. The minimum Gasteiger partial charge on any atom is -0.341 e. The highest BCUT2D eigenvalue weighted by Crippen LogP contribution is 2.24. The lowest BCUT2D eigenvalue weighted by molar-refractivity contribution is 0.629. The first-order valence-corrected chi connectivity index (χ1v) is 4.56. The lowest BCUT2D eigenvalue weighted by atomic mass is 10.3. The van der Waals surface area contributed by atoms with E-state index in [1.165, 1.54) is 12.1 Å². The molecule has 0 saturated heterocycles. The maximum absolute atomic E-state index is 12.9. The molecule has 0 radical (unpaired) electrons. The summed E-state index contributed by atoms with van der Waals surface area (Å²) in [6.07, 6.45) is 0. The van der Waals surface area contributed by atoms with Gasteiger partial charge in [0.25, 0.3) is 0 Å².